The molecule has 0 aliphatic carbocycles. The molecule has 0 unspecified atom stereocenters. The second-order valence-corrected chi connectivity index (χ2v) is 3.44. The Morgan fingerprint density at radius 1 is 1.24 bits per heavy atom. The minimum atomic E-state index is -0.0825. The Bertz CT molecular complexity index is 338. The predicted octanol–water partition coefficient (Wildman–Crippen LogP) is 0.714. The van der Waals surface area contributed by atoms with Crippen LogP contribution in [0.2, 0.25) is 0 Å². The van der Waals surface area contributed by atoms with Crippen molar-refractivity contribution >= 4 is 5.91 Å². The molecule has 2 N–H and O–H groups in total. The van der Waals surface area contributed by atoms with Crippen LogP contribution >= 0.6 is 0 Å². The average Bonchev–Trinajstić information content (AvgIpc) is 2.38. The van der Waals surface area contributed by atoms with Gasteiger partial charge in [0.05, 0.1) is 13.2 Å². The quantitative estimate of drug-likeness (QED) is 0.542. The molecule has 5 heteroatoms. The van der Waals surface area contributed by atoms with Crippen molar-refractivity contribution in [3.63, 3.8) is 0 Å². The van der Waals surface area contributed by atoms with E-state index in [1.165, 1.54) is 0 Å². The lowest BCUT2D eigenvalue weighted by molar-refractivity contribution is 0.00346. The normalized spacial score (nSPS) is 10.2. The summed E-state index contributed by atoms with van der Waals surface area (Å²) in [6, 6.07) is 7.34. The first-order valence-corrected chi connectivity index (χ1v) is 5.42. The van der Waals surface area contributed by atoms with Gasteiger partial charge in [0.25, 0.3) is 5.91 Å². The fraction of sp³-hybridized carbons (Fsp3) is 0.417. The van der Waals surface area contributed by atoms with Crippen LogP contribution in [0, 0.1) is 0 Å². The van der Waals surface area contributed by atoms with E-state index < -0.39 is 0 Å². The summed E-state index contributed by atoms with van der Waals surface area (Å²) in [6.45, 7) is 1.66. The molecular weight excluding hydrogens is 220 g/mol. The highest BCUT2D eigenvalue weighted by molar-refractivity contribution is 5.93. The first-order valence-electron chi connectivity index (χ1n) is 5.42. The van der Waals surface area contributed by atoms with E-state index in [0.29, 0.717) is 25.3 Å². The van der Waals surface area contributed by atoms with Gasteiger partial charge in [-0.05, 0) is 17.7 Å². The zero-order valence-corrected chi connectivity index (χ0v) is 10.2. The molecule has 0 fully saturated rings. The Morgan fingerprint density at radius 3 is 2.53 bits per heavy atom. The number of hydrogen-bond acceptors (Lipinski definition) is 4. The molecular formula is C12H18N2O3. The smallest absolute Gasteiger partial charge is 0.251 e. The lowest BCUT2D eigenvalue weighted by atomic mass is 10.1. The Labute approximate surface area is 101 Å². The van der Waals surface area contributed by atoms with Gasteiger partial charge in [-0.2, -0.15) is 5.48 Å². The third-order valence-corrected chi connectivity index (χ3v) is 2.21. The molecule has 5 nitrogen and oxygen atoms in total. The summed E-state index contributed by atoms with van der Waals surface area (Å²) in [4.78, 5) is 16.4. The average molecular weight is 238 g/mol. The van der Waals surface area contributed by atoms with Crippen LogP contribution in [0.1, 0.15) is 15.9 Å². The van der Waals surface area contributed by atoms with Crippen molar-refractivity contribution in [1.29, 1.82) is 0 Å². The van der Waals surface area contributed by atoms with E-state index in [-0.39, 0.29) is 5.91 Å². The Balaban J connectivity index is 2.33. The molecule has 0 aromatic heterocycles. The lowest BCUT2D eigenvalue weighted by Gasteiger charge is -2.06. The van der Waals surface area contributed by atoms with Gasteiger partial charge in [0.15, 0.2) is 0 Å². The highest BCUT2D eigenvalue weighted by Gasteiger charge is 2.01. The fourth-order valence-corrected chi connectivity index (χ4v) is 1.25. The maximum atomic E-state index is 11.3. The second-order valence-electron chi connectivity index (χ2n) is 3.44. The number of carbonyl (C=O) groups is 1. The van der Waals surface area contributed by atoms with Gasteiger partial charge in [0.1, 0.15) is 0 Å². The SMILES string of the molecule is CNC(=O)c1ccc(CNOCCOC)cc1. The van der Waals surface area contributed by atoms with Crippen molar-refractivity contribution in [3.8, 4) is 0 Å². The Hall–Kier alpha value is -1.43. The van der Waals surface area contributed by atoms with Crippen molar-refractivity contribution in [2.45, 2.75) is 6.54 Å². The Morgan fingerprint density at radius 2 is 1.94 bits per heavy atom. The van der Waals surface area contributed by atoms with Gasteiger partial charge in [-0.1, -0.05) is 12.1 Å². The van der Waals surface area contributed by atoms with E-state index in [9.17, 15) is 4.79 Å². The van der Waals surface area contributed by atoms with Crippen LogP contribution < -0.4 is 10.8 Å². The number of hydroxylamine groups is 1. The van der Waals surface area contributed by atoms with E-state index >= 15 is 0 Å². The van der Waals surface area contributed by atoms with Crippen LogP contribution in [0.3, 0.4) is 0 Å². The first-order chi connectivity index (χ1) is 8.27. The van der Waals surface area contributed by atoms with Crippen LogP contribution in [0.4, 0.5) is 0 Å². The molecule has 1 rings (SSSR count). The summed E-state index contributed by atoms with van der Waals surface area (Å²) in [7, 11) is 3.24. The fourth-order valence-electron chi connectivity index (χ4n) is 1.25. The third-order valence-electron chi connectivity index (χ3n) is 2.21. The first kappa shape index (κ1) is 13.6. The molecule has 1 aromatic rings. The zero-order chi connectivity index (χ0) is 12.5. The molecule has 0 spiro atoms. The summed E-state index contributed by atoms with van der Waals surface area (Å²) in [5, 5.41) is 2.57. The predicted molar refractivity (Wildman–Crippen MR) is 64.5 cm³/mol. The lowest BCUT2D eigenvalue weighted by Crippen LogP contribution is -2.18. The zero-order valence-electron chi connectivity index (χ0n) is 10.2. The van der Waals surface area contributed by atoms with Gasteiger partial charge in [-0.15, -0.1) is 0 Å². The van der Waals surface area contributed by atoms with Crippen molar-refractivity contribution in [1.82, 2.24) is 10.8 Å². The molecule has 0 aliphatic heterocycles. The monoisotopic (exact) mass is 238 g/mol. The number of rotatable bonds is 7. The van der Waals surface area contributed by atoms with E-state index in [1.807, 2.05) is 12.1 Å². The third kappa shape index (κ3) is 4.95. The number of hydrogen-bond donors (Lipinski definition) is 2. The van der Waals surface area contributed by atoms with E-state index in [2.05, 4.69) is 10.8 Å². The van der Waals surface area contributed by atoms with Crippen LogP contribution in [0.5, 0.6) is 0 Å². The van der Waals surface area contributed by atoms with Crippen molar-refractivity contribution in [2.24, 2.45) is 0 Å². The van der Waals surface area contributed by atoms with Gasteiger partial charge in [-0.25, -0.2) is 0 Å². The number of benzene rings is 1. The summed E-state index contributed by atoms with van der Waals surface area (Å²) in [6.07, 6.45) is 0. The van der Waals surface area contributed by atoms with E-state index in [4.69, 9.17) is 9.57 Å². The van der Waals surface area contributed by atoms with Crippen LogP contribution in [0.15, 0.2) is 24.3 Å². The number of methoxy groups -OCH3 is 1. The molecule has 1 amide bonds. The van der Waals surface area contributed by atoms with E-state index in [1.54, 1.807) is 26.3 Å². The summed E-state index contributed by atoms with van der Waals surface area (Å²) >= 11 is 0. The Kier molecular flexibility index (Phi) is 6.24. The van der Waals surface area contributed by atoms with Crippen molar-refractivity contribution in [3.05, 3.63) is 35.4 Å². The molecule has 0 atom stereocenters. The van der Waals surface area contributed by atoms with Gasteiger partial charge < -0.3 is 10.1 Å². The van der Waals surface area contributed by atoms with Gasteiger partial charge in [0.2, 0.25) is 0 Å². The summed E-state index contributed by atoms with van der Waals surface area (Å²) < 4.78 is 4.84. The number of amides is 1. The summed E-state index contributed by atoms with van der Waals surface area (Å²) in [5.74, 6) is -0.0825. The topological polar surface area (TPSA) is 59.6 Å². The number of carbonyl (C=O) groups excluding carboxylic acids is 1. The van der Waals surface area contributed by atoms with Crippen LogP contribution in [-0.2, 0) is 16.1 Å². The molecule has 0 saturated carbocycles. The maximum Gasteiger partial charge on any atom is 0.251 e. The molecule has 1 aromatic carbocycles. The van der Waals surface area contributed by atoms with Crippen LogP contribution in [-0.4, -0.2) is 33.3 Å². The molecule has 0 bridgehead atoms. The molecule has 94 valence electrons. The van der Waals surface area contributed by atoms with E-state index in [0.717, 1.165) is 5.56 Å². The molecule has 0 saturated heterocycles. The maximum absolute atomic E-state index is 11.3. The highest BCUT2D eigenvalue weighted by atomic mass is 16.7. The summed E-state index contributed by atoms with van der Waals surface area (Å²) in [5.41, 5.74) is 4.52. The molecule has 0 radical (unpaired) electrons. The molecule has 0 heterocycles. The minimum absolute atomic E-state index is 0.0825. The molecule has 17 heavy (non-hydrogen) atoms. The van der Waals surface area contributed by atoms with Crippen molar-refractivity contribution < 1.29 is 14.4 Å². The van der Waals surface area contributed by atoms with Gasteiger partial charge in [0, 0.05) is 26.3 Å². The van der Waals surface area contributed by atoms with Gasteiger partial charge >= 0.3 is 0 Å². The largest absolute Gasteiger partial charge is 0.382 e. The molecule has 0 aliphatic rings. The van der Waals surface area contributed by atoms with Crippen LogP contribution in [0.25, 0.3) is 0 Å². The number of ether oxygens (including phenoxy) is 1. The van der Waals surface area contributed by atoms with Crippen molar-refractivity contribution in [2.75, 3.05) is 27.4 Å². The highest BCUT2D eigenvalue weighted by Crippen LogP contribution is 2.04. The second kappa shape index (κ2) is 7.78. The van der Waals surface area contributed by atoms with Gasteiger partial charge in [-0.3, -0.25) is 9.63 Å². The number of nitrogens with one attached hydrogen (secondary N) is 2. The minimum Gasteiger partial charge on any atom is -0.382 e. The standard InChI is InChI=1S/C12H18N2O3/c1-13-12(15)11-5-3-10(4-6-11)9-14-17-8-7-16-2/h3-6,14H,7-9H2,1-2H3,(H,13,15).